The minimum absolute atomic E-state index is 0. The average molecular weight is 416 g/mol. The third kappa shape index (κ3) is 7.57. The van der Waals surface area contributed by atoms with Crippen LogP contribution in [0.3, 0.4) is 0 Å². The van der Waals surface area contributed by atoms with E-state index in [2.05, 4.69) is 21.6 Å². The first-order chi connectivity index (χ1) is 11.2. The Labute approximate surface area is 162 Å². The normalized spacial score (nSPS) is 18.6. The van der Waals surface area contributed by atoms with E-state index < -0.39 is 6.36 Å². The zero-order valence-corrected chi connectivity index (χ0v) is 15.7. The molecular formula is C15H22Cl2F3N5O. The van der Waals surface area contributed by atoms with E-state index in [0.29, 0.717) is 11.6 Å². The van der Waals surface area contributed by atoms with Crippen molar-refractivity contribution in [3.63, 3.8) is 0 Å². The van der Waals surface area contributed by atoms with Gasteiger partial charge in [-0.05, 0) is 50.5 Å². The SMILES string of the molecule is CC1CCCCN1/C(N)=N/C(N)=Nc1ccc(OC(F)(F)F)cc1.Cl.Cl. The highest BCUT2D eigenvalue weighted by Gasteiger charge is 2.30. The first kappa shape index (κ1) is 24.1. The molecule has 1 aromatic carbocycles. The highest BCUT2D eigenvalue weighted by molar-refractivity contribution is 5.94. The van der Waals surface area contributed by atoms with Crippen molar-refractivity contribution in [3.8, 4) is 5.75 Å². The third-order valence-corrected chi connectivity index (χ3v) is 3.64. The molecule has 1 unspecified atom stereocenters. The van der Waals surface area contributed by atoms with Gasteiger partial charge in [-0.15, -0.1) is 38.0 Å². The maximum atomic E-state index is 12.1. The van der Waals surface area contributed by atoms with Crippen molar-refractivity contribution in [3.05, 3.63) is 24.3 Å². The molecule has 1 atom stereocenters. The van der Waals surface area contributed by atoms with Crippen LogP contribution < -0.4 is 16.2 Å². The minimum Gasteiger partial charge on any atom is -0.406 e. The molecule has 6 nitrogen and oxygen atoms in total. The van der Waals surface area contributed by atoms with Crippen LogP contribution in [0.4, 0.5) is 18.9 Å². The monoisotopic (exact) mass is 415 g/mol. The second-order valence-corrected chi connectivity index (χ2v) is 5.52. The number of guanidine groups is 2. The molecule has 0 saturated carbocycles. The van der Waals surface area contributed by atoms with Gasteiger partial charge in [-0.2, -0.15) is 4.99 Å². The number of aliphatic imine (C=N–C) groups is 2. The zero-order chi connectivity index (χ0) is 17.7. The van der Waals surface area contributed by atoms with Crippen LogP contribution in [0.25, 0.3) is 0 Å². The number of halogens is 5. The first-order valence-corrected chi connectivity index (χ1v) is 7.55. The predicted molar refractivity (Wildman–Crippen MR) is 101 cm³/mol. The molecule has 1 aromatic rings. The van der Waals surface area contributed by atoms with Crippen LogP contribution in [0.5, 0.6) is 5.75 Å². The van der Waals surface area contributed by atoms with Crippen molar-refractivity contribution in [2.45, 2.75) is 38.6 Å². The van der Waals surface area contributed by atoms with Crippen LogP contribution in [-0.2, 0) is 0 Å². The third-order valence-electron chi connectivity index (χ3n) is 3.64. The quantitative estimate of drug-likeness (QED) is 0.570. The Hall–Kier alpha value is -1.87. The Morgan fingerprint density at radius 3 is 2.31 bits per heavy atom. The lowest BCUT2D eigenvalue weighted by Gasteiger charge is -2.34. The number of nitrogens with two attached hydrogens (primary N) is 2. The number of rotatable bonds is 2. The lowest BCUT2D eigenvalue weighted by molar-refractivity contribution is -0.274. The number of hydrogen-bond donors (Lipinski definition) is 2. The van der Waals surface area contributed by atoms with E-state index in [4.69, 9.17) is 11.5 Å². The summed E-state index contributed by atoms with van der Waals surface area (Å²) in [4.78, 5) is 10.0. The van der Waals surface area contributed by atoms with E-state index in [1.807, 2.05) is 4.90 Å². The molecule has 0 aliphatic carbocycles. The molecule has 11 heteroatoms. The number of nitrogens with zero attached hydrogens (tertiary/aromatic N) is 3. The summed E-state index contributed by atoms with van der Waals surface area (Å²) < 4.78 is 40.1. The molecule has 0 aromatic heterocycles. The second kappa shape index (κ2) is 10.3. The van der Waals surface area contributed by atoms with Crippen LogP contribution in [0, 0.1) is 0 Å². The summed E-state index contributed by atoms with van der Waals surface area (Å²) in [6.07, 6.45) is -1.50. The van der Waals surface area contributed by atoms with Gasteiger partial charge in [0.15, 0.2) is 5.96 Å². The van der Waals surface area contributed by atoms with Crippen LogP contribution in [0.1, 0.15) is 26.2 Å². The van der Waals surface area contributed by atoms with Crippen molar-refractivity contribution in [1.82, 2.24) is 4.90 Å². The van der Waals surface area contributed by atoms with Gasteiger partial charge in [-0.3, -0.25) is 0 Å². The molecule has 4 N–H and O–H groups in total. The highest BCUT2D eigenvalue weighted by Crippen LogP contribution is 2.24. The lowest BCUT2D eigenvalue weighted by Crippen LogP contribution is -2.46. The summed E-state index contributed by atoms with van der Waals surface area (Å²) in [7, 11) is 0. The van der Waals surface area contributed by atoms with E-state index in [-0.39, 0.29) is 42.6 Å². The number of likely N-dealkylation sites (tertiary alicyclic amines) is 1. The molecule has 1 heterocycles. The fourth-order valence-electron chi connectivity index (χ4n) is 2.50. The van der Waals surface area contributed by atoms with Crippen LogP contribution >= 0.6 is 24.8 Å². The van der Waals surface area contributed by atoms with Gasteiger partial charge in [0.1, 0.15) is 5.75 Å². The predicted octanol–water partition coefficient (Wildman–Crippen LogP) is 3.56. The van der Waals surface area contributed by atoms with E-state index >= 15 is 0 Å². The Balaban J connectivity index is 0.00000312. The second-order valence-electron chi connectivity index (χ2n) is 5.52. The Morgan fingerprint density at radius 1 is 1.15 bits per heavy atom. The van der Waals surface area contributed by atoms with Gasteiger partial charge >= 0.3 is 6.36 Å². The van der Waals surface area contributed by atoms with Gasteiger partial charge < -0.3 is 21.1 Å². The minimum atomic E-state index is -4.73. The fourth-order valence-corrected chi connectivity index (χ4v) is 2.50. The maximum Gasteiger partial charge on any atom is 0.573 e. The van der Waals surface area contributed by atoms with E-state index in [9.17, 15) is 13.2 Å². The highest BCUT2D eigenvalue weighted by atomic mass is 35.5. The summed E-state index contributed by atoms with van der Waals surface area (Å²) in [6.45, 7) is 2.88. The van der Waals surface area contributed by atoms with Crippen LogP contribution in [-0.4, -0.2) is 35.8 Å². The van der Waals surface area contributed by atoms with Crippen LogP contribution in [0.2, 0.25) is 0 Å². The maximum absolute atomic E-state index is 12.1. The number of hydrogen-bond acceptors (Lipinski definition) is 2. The van der Waals surface area contributed by atoms with Crippen molar-refractivity contribution in [1.29, 1.82) is 0 Å². The number of ether oxygens (including phenoxy) is 1. The van der Waals surface area contributed by atoms with Crippen molar-refractivity contribution in [2.75, 3.05) is 6.54 Å². The van der Waals surface area contributed by atoms with Gasteiger partial charge in [0.2, 0.25) is 5.96 Å². The molecule has 0 bridgehead atoms. The molecule has 26 heavy (non-hydrogen) atoms. The average Bonchev–Trinajstić information content (AvgIpc) is 2.48. The van der Waals surface area contributed by atoms with Gasteiger partial charge in [0.05, 0.1) is 5.69 Å². The van der Waals surface area contributed by atoms with E-state index in [1.54, 1.807) is 0 Å². The number of benzene rings is 1. The van der Waals surface area contributed by atoms with Gasteiger partial charge in [-0.1, -0.05) is 0 Å². The van der Waals surface area contributed by atoms with Gasteiger partial charge in [0.25, 0.3) is 0 Å². The van der Waals surface area contributed by atoms with Gasteiger partial charge in [0, 0.05) is 12.6 Å². The number of alkyl halides is 3. The van der Waals surface area contributed by atoms with E-state index in [0.717, 1.165) is 37.9 Å². The summed E-state index contributed by atoms with van der Waals surface area (Å²) in [5, 5.41) is 0. The molecule has 2 rings (SSSR count). The first-order valence-electron chi connectivity index (χ1n) is 7.55. The largest absolute Gasteiger partial charge is 0.573 e. The summed E-state index contributed by atoms with van der Waals surface area (Å²) in [5.74, 6) is -0.0968. The molecule has 148 valence electrons. The summed E-state index contributed by atoms with van der Waals surface area (Å²) in [5.41, 5.74) is 12.1. The molecule has 1 aliphatic rings. The Morgan fingerprint density at radius 2 is 1.77 bits per heavy atom. The van der Waals surface area contributed by atoms with E-state index in [1.165, 1.54) is 12.1 Å². The van der Waals surface area contributed by atoms with Crippen LogP contribution in [0.15, 0.2) is 34.3 Å². The topological polar surface area (TPSA) is 89.2 Å². The standard InChI is InChI=1S/C15H20F3N5O.2ClH/c1-10-4-2-3-9-23(10)14(20)22-13(19)21-11-5-7-12(8-6-11)24-15(16,17)18;;/h5-8,10H,2-4,9H2,1H3,(H4,19,20,21,22);2*1H. The summed E-state index contributed by atoms with van der Waals surface area (Å²) >= 11 is 0. The molecular weight excluding hydrogens is 394 g/mol. The Kier molecular flexibility index (Phi) is 9.58. The molecule has 1 saturated heterocycles. The van der Waals surface area contributed by atoms with Crippen molar-refractivity contribution >= 4 is 42.4 Å². The molecule has 0 spiro atoms. The van der Waals surface area contributed by atoms with Crippen molar-refractivity contribution in [2.24, 2.45) is 21.5 Å². The number of piperidine rings is 1. The molecule has 1 aliphatic heterocycles. The molecule has 1 fully saturated rings. The Bertz CT molecular complexity index is 623. The molecule has 0 amide bonds. The smallest absolute Gasteiger partial charge is 0.406 e. The zero-order valence-electron chi connectivity index (χ0n) is 14.1. The molecule has 0 radical (unpaired) electrons. The fraction of sp³-hybridized carbons (Fsp3) is 0.467. The summed E-state index contributed by atoms with van der Waals surface area (Å²) in [6, 6.07) is 5.29. The van der Waals surface area contributed by atoms with Gasteiger partial charge in [-0.25, -0.2) is 4.99 Å². The van der Waals surface area contributed by atoms with Crippen molar-refractivity contribution < 1.29 is 17.9 Å². The lowest BCUT2D eigenvalue weighted by atomic mass is 10.0.